The van der Waals surface area contributed by atoms with Gasteiger partial charge in [-0.05, 0) is 36.7 Å². The second-order valence-corrected chi connectivity index (χ2v) is 7.85. The summed E-state index contributed by atoms with van der Waals surface area (Å²) in [4.78, 5) is 11.6. The molecule has 0 unspecified atom stereocenters. The molecule has 1 aromatic heterocycles. The van der Waals surface area contributed by atoms with Gasteiger partial charge in [0.15, 0.2) is 0 Å². The Kier molecular flexibility index (Phi) is 5.37. The minimum atomic E-state index is -4.49. The normalized spacial score (nSPS) is 14.4. The largest absolute Gasteiger partial charge is 0.408 e. The van der Waals surface area contributed by atoms with Crippen LogP contribution >= 0.6 is 27.9 Å². The molecule has 0 saturated carbocycles. The summed E-state index contributed by atoms with van der Waals surface area (Å²) in [7, 11) is 1.48. The molecular formula is C12H16BrF3N2OS. The van der Waals surface area contributed by atoms with E-state index in [0.717, 1.165) is 18.0 Å². The molecule has 0 bridgehead atoms. The predicted octanol–water partition coefficient (Wildman–Crippen LogP) is 3.79. The van der Waals surface area contributed by atoms with Gasteiger partial charge in [-0.15, -0.1) is 0 Å². The lowest BCUT2D eigenvalue weighted by Gasteiger charge is -2.26. The van der Waals surface area contributed by atoms with Crippen LogP contribution in [-0.4, -0.2) is 15.5 Å². The van der Waals surface area contributed by atoms with Crippen molar-refractivity contribution in [3.63, 3.8) is 0 Å². The Hall–Kier alpha value is -0.470. The topological polar surface area (TPSA) is 34.0 Å². The quantitative estimate of drug-likeness (QED) is 0.819. The number of rotatable bonds is 3. The minimum absolute atomic E-state index is 0.114. The highest BCUT2D eigenvalue weighted by Gasteiger charge is 2.42. The van der Waals surface area contributed by atoms with Gasteiger partial charge in [0, 0.05) is 34.1 Å². The third-order valence-corrected chi connectivity index (χ3v) is 3.96. The van der Waals surface area contributed by atoms with Crippen molar-refractivity contribution in [3.8, 4) is 0 Å². The molecular weight excluding hydrogens is 357 g/mol. The second kappa shape index (κ2) is 6.11. The Balaban J connectivity index is 3.19. The van der Waals surface area contributed by atoms with Gasteiger partial charge in [-0.1, -0.05) is 11.9 Å². The maximum absolute atomic E-state index is 13.2. The summed E-state index contributed by atoms with van der Waals surface area (Å²) >= 11 is 4.07. The van der Waals surface area contributed by atoms with E-state index in [1.807, 2.05) is 0 Å². The van der Waals surface area contributed by atoms with Crippen LogP contribution in [0.5, 0.6) is 0 Å². The van der Waals surface area contributed by atoms with Crippen molar-refractivity contribution < 1.29 is 13.2 Å². The van der Waals surface area contributed by atoms with E-state index in [9.17, 15) is 18.0 Å². The summed E-state index contributed by atoms with van der Waals surface area (Å²) < 4.78 is 43.1. The molecule has 8 heteroatoms. The zero-order valence-corrected chi connectivity index (χ0v) is 13.9. The van der Waals surface area contributed by atoms with Gasteiger partial charge in [0.25, 0.3) is 5.56 Å². The van der Waals surface area contributed by atoms with Crippen LogP contribution in [0.3, 0.4) is 0 Å². The molecule has 0 saturated heterocycles. The standard InChI is InChI=1S/C12H16BrF3N2OS/c1-11(2,3)20-17-10(12(14,15)16)7-5-9(19)18(4)6-8(7)13/h5-6,10,17H,1-4H3/t10-/m1/s1. The van der Waals surface area contributed by atoms with Gasteiger partial charge in [-0.3, -0.25) is 4.79 Å². The Morgan fingerprint density at radius 3 is 2.35 bits per heavy atom. The number of nitrogens with zero attached hydrogens (tertiary/aromatic N) is 1. The molecule has 0 aliphatic heterocycles. The lowest BCUT2D eigenvalue weighted by atomic mass is 10.1. The highest BCUT2D eigenvalue weighted by atomic mass is 79.9. The Morgan fingerprint density at radius 2 is 1.90 bits per heavy atom. The number of alkyl halides is 3. The van der Waals surface area contributed by atoms with Crippen LogP contribution in [-0.2, 0) is 7.05 Å². The maximum atomic E-state index is 13.2. The van der Waals surface area contributed by atoms with Gasteiger partial charge in [0.05, 0.1) is 0 Å². The molecule has 1 atom stereocenters. The van der Waals surface area contributed by atoms with Crippen LogP contribution in [0.15, 0.2) is 21.5 Å². The number of aromatic nitrogens is 1. The van der Waals surface area contributed by atoms with Gasteiger partial charge in [-0.2, -0.15) is 13.2 Å². The summed E-state index contributed by atoms with van der Waals surface area (Å²) in [6.07, 6.45) is -3.16. The Morgan fingerprint density at radius 1 is 1.35 bits per heavy atom. The first-order chi connectivity index (χ1) is 8.92. The summed E-state index contributed by atoms with van der Waals surface area (Å²) in [6.45, 7) is 5.41. The minimum Gasteiger partial charge on any atom is -0.317 e. The fourth-order valence-electron chi connectivity index (χ4n) is 1.38. The van der Waals surface area contributed by atoms with Crippen LogP contribution in [0.25, 0.3) is 0 Å². The summed E-state index contributed by atoms with van der Waals surface area (Å²) in [5.41, 5.74) is -0.600. The van der Waals surface area contributed by atoms with Crippen LogP contribution in [0.2, 0.25) is 0 Å². The highest BCUT2D eigenvalue weighted by molar-refractivity contribution is 9.10. The molecule has 3 nitrogen and oxygen atoms in total. The maximum Gasteiger partial charge on any atom is 0.408 e. The van der Waals surface area contributed by atoms with Gasteiger partial charge >= 0.3 is 6.18 Å². The molecule has 1 N–H and O–H groups in total. The molecule has 20 heavy (non-hydrogen) atoms. The number of halogens is 4. The summed E-state index contributed by atoms with van der Waals surface area (Å²) in [6, 6.07) is -0.909. The van der Waals surface area contributed by atoms with Crippen LogP contribution in [0.1, 0.15) is 32.4 Å². The van der Waals surface area contributed by atoms with Crippen molar-refractivity contribution in [1.82, 2.24) is 9.29 Å². The van der Waals surface area contributed by atoms with Gasteiger partial charge < -0.3 is 4.57 Å². The fraction of sp³-hybridized carbons (Fsp3) is 0.583. The lowest BCUT2D eigenvalue weighted by molar-refractivity contribution is -0.152. The molecule has 0 amide bonds. The van der Waals surface area contributed by atoms with Crippen molar-refractivity contribution >= 4 is 27.9 Å². The van der Waals surface area contributed by atoms with E-state index in [1.165, 1.54) is 17.8 Å². The molecule has 0 aliphatic carbocycles. The molecule has 0 aliphatic rings. The summed E-state index contributed by atoms with van der Waals surface area (Å²) in [5.74, 6) is 0. The first-order valence-electron chi connectivity index (χ1n) is 5.78. The molecule has 1 aromatic rings. The van der Waals surface area contributed by atoms with E-state index in [2.05, 4.69) is 20.7 Å². The third kappa shape index (κ3) is 4.82. The monoisotopic (exact) mass is 372 g/mol. The number of nitrogens with one attached hydrogen (secondary N) is 1. The predicted molar refractivity (Wildman–Crippen MR) is 78.7 cm³/mol. The highest BCUT2D eigenvalue weighted by Crippen LogP contribution is 2.38. The Bertz CT molecular complexity index is 537. The van der Waals surface area contributed by atoms with Crippen molar-refractivity contribution in [2.45, 2.75) is 37.7 Å². The molecule has 114 valence electrons. The van der Waals surface area contributed by atoms with Crippen LogP contribution < -0.4 is 10.3 Å². The molecule has 0 spiro atoms. The van der Waals surface area contributed by atoms with E-state index in [1.54, 1.807) is 20.8 Å². The molecule has 1 rings (SSSR count). The summed E-state index contributed by atoms with van der Waals surface area (Å²) in [5, 5.41) is 0. The van der Waals surface area contributed by atoms with E-state index < -0.39 is 17.8 Å². The zero-order chi connectivity index (χ0) is 15.7. The van der Waals surface area contributed by atoms with E-state index in [0.29, 0.717) is 0 Å². The molecule has 0 radical (unpaired) electrons. The number of aryl methyl sites for hydroxylation is 1. The van der Waals surface area contributed by atoms with Gasteiger partial charge in [0.1, 0.15) is 6.04 Å². The van der Waals surface area contributed by atoms with Crippen molar-refractivity contribution in [2.24, 2.45) is 7.05 Å². The van der Waals surface area contributed by atoms with Crippen LogP contribution in [0.4, 0.5) is 13.2 Å². The Labute approximate surface area is 128 Å². The smallest absolute Gasteiger partial charge is 0.317 e. The second-order valence-electron chi connectivity index (χ2n) is 5.33. The third-order valence-electron chi connectivity index (χ3n) is 2.33. The lowest BCUT2D eigenvalue weighted by Crippen LogP contribution is -2.34. The molecule has 0 aromatic carbocycles. The number of hydrogen-bond donors (Lipinski definition) is 1. The number of hydrogen-bond acceptors (Lipinski definition) is 3. The first kappa shape index (κ1) is 17.6. The van der Waals surface area contributed by atoms with E-state index in [4.69, 9.17) is 0 Å². The zero-order valence-electron chi connectivity index (χ0n) is 11.5. The fourth-order valence-corrected chi connectivity index (χ4v) is 2.76. The van der Waals surface area contributed by atoms with Crippen LogP contribution in [0, 0.1) is 0 Å². The number of pyridine rings is 1. The SMILES string of the molecule is Cn1cc(Br)c([C@@H](NSC(C)(C)C)C(F)(F)F)cc1=O. The van der Waals surface area contributed by atoms with Crippen molar-refractivity contribution in [3.05, 3.63) is 32.7 Å². The van der Waals surface area contributed by atoms with Gasteiger partial charge in [0.2, 0.25) is 0 Å². The van der Waals surface area contributed by atoms with E-state index in [-0.39, 0.29) is 14.8 Å². The average molecular weight is 373 g/mol. The van der Waals surface area contributed by atoms with E-state index >= 15 is 0 Å². The van der Waals surface area contributed by atoms with Crippen molar-refractivity contribution in [1.29, 1.82) is 0 Å². The average Bonchev–Trinajstić information content (AvgIpc) is 2.21. The molecule has 0 fully saturated rings. The first-order valence-corrected chi connectivity index (χ1v) is 7.39. The van der Waals surface area contributed by atoms with Gasteiger partial charge in [-0.25, -0.2) is 4.72 Å². The van der Waals surface area contributed by atoms with Crippen molar-refractivity contribution in [2.75, 3.05) is 0 Å². The molecule has 1 heterocycles.